The Labute approximate surface area is 249 Å². The molecule has 0 aliphatic carbocycles. The van der Waals surface area contributed by atoms with Crippen molar-refractivity contribution in [3.05, 3.63) is 77.9 Å². The third kappa shape index (κ3) is 8.58. The zero-order valence-corrected chi connectivity index (χ0v) is 23.9. The molecule has 0 unspecified atom stereocenters. The molecule has 2 N–H and O–H groups in total. The quantitative estimate of drug-likeness (QED) is 0.163. The SMILES string of the molecule is CCOc1cccc(OCC)c1N1C(=O)CS/C1=N/N=C\c1ccc(C(N)=NC=Nc2ccc(OC(F)(F)F)cc2)cc1. The second kappa shape index (κ2) is 14.4. The topological polar surface area (TPSA) is 123 Å². The van der Waals surface area contributed by atoms with E-state index in [1.807, 2.05) is 13.8 Å². The largest absolute Gasteiger partial charge is 0.573 e. The Morgan fingerprint density at radius 1 is 1.00 bits per heavy atom. The molecule has 10 nitrogen and oxygen atoms in total. The summed E-state index contributed by atoms with van der Waals surface area (Å²) in [7, 11) is 0. The monoisotopic (exact) mass is 612 g/mol. The lowest BCUT2D eigenvalue weighted by molar-refractivity contribution is -0.274. The number of nitrogens with zero attached hydrogens (tertiary/aromatic N) is 5. The van der Waals surface area contributed by atoms with Gasteiger partial charge in [0.15, 0.2) is 5.17 Å². The van der Waals surface area contributed by atoms with Gasteiger partial charge in [-0.05, 0) is 55.8 Å². The van der Waals surface area contributed by atoms with Crippen LogP contribution in [0.4, 0.5) is 24.5 Å². The van der Waals surface area contributed by atoms with E-state index in [0.29, 0.717) is 46.8 Å². The van der Waals surface area contributed by atoms with Crippen LogP contribution in [-0.2, 0) is 4.79 Å². The molecule has 1 amide bonds. The van der Waals surface area contributed by atoms with Gasteiger partial charge in [-0.15, -0.1) is 18.3 Å². The Morgan fingerprint density at radius 2 is 1.65 bits per heavy atom. The number of hydrogen-bond donors (Lipinski definition) is 1. The molecule has 43 heavy (non-hydrogen) atoms. The molecule has 0 atom stereocenters. The normalized spacial score (nSPS) is 15.2. The summed E-state index contributed by atoms with van der Waals surface area (Å²) in [5.41, 5.74) is 8.23. The molecular formula is C29H27F3N6O4S. The number of carbonyl (C=O) groups is 1. The number of amides is 1. The second-order valence-electron chi connectivity index (χ2n) is 8.54. The first-order valence-electron chi connectivity index (χ1n) is 13.0. The molecule has 14 heteroatoms. The number of amidine groups is 2. The minimum atomic E-state index is -4.76. The number of carbonyl (C=O) groups excluding carboxylic acids is 1. The molecule has 0 radical (unpaired) electrons. The van der Waals surface area contributed by atoms with Gasteiger partial charge in [-0.1, -0.05) is 42.1 Å². The third-order valence-corrected chi connectivity index (χ3v) is 6.49. The summed E-state index contributed by atoms with van der Waals surface area (Å²) in [6.45, 7) is 4.55. The molecule has 0 spiro atoms. The summed E-state index contributed by atoms with van der Waals surface area (Å²) in [5.74, 6) is 0.888. The molecule has 1 fully saturated rings. The number of thioether (sulfide) groups is 1. The van der Waals surface area contributed by atoms with E-state index in [9.17, 15) is 18.0 Å². The number of rotatable bonds is 11. The number of hydrogen-bond acceptors (Lipinski definition) is 8. The highest BCUT2D eigenvalue weighted by Gasteiger charge is 2.34. The summed E-state index contributed by atoms with van der Waals surface area (Å²) in [4.78, 5) is 22.4. The van der Waals surface area contributed by atoms with Crippen molar-refractivity contribution >= 4 is 52.6 Å². The van der Waals surface area contributed by atoms with Gasteiger partial charge in [0, 0.05) is 5.56 Å². The summed E-state index contributed by atoms with van der Waals surface area (Å²) in [6.07, 6.45) is -2.02. The van der Waals surface area contributed by atoms with Crippen molar-refractivity contribution in [2.45, 2.75) is 20.2 Å². The first kappa shape index (κ1) is 31.1. The van der Waals surface area contributed by atoms with Gasteiger partial charge in [-0.2, -0.15) is 5.10 Å². The fourth-order valence-corrected chi connectivity index (χ4v) is 4.58. The minimum Gasteiger partial charge on any atom is -0.492 e. The van der Waals surface area contributed by atoms with Crippen LogP contribution in [0.5, 0.6) is 17.2 Å². The van der Waals surface area contributed by atoms with Crippen LogP contribution < -0.4 is 24.8 Å². The predicted octanol–water partition coefficient (Wildman–Crippen LogP) is 5.92. The lowest BCUT2D eigenvalue weighted by Crippen LogP contribution is -2.30. The van der Waals surface area contributed by atoms with E-state index in [4.69, 9.17) is 15.2 Å². The van der Waals surface area contributed by atoms with Gasteiger partial charge < -0.3 is 19.9 Å². The van der Waals surface area contributed by atoms with Crippen LogP contribution in [0.15, 0.2) is 86.9 Å². The summed E-state index contributed by atoms with van der Waals surface area (Å²) in [5, 5.41) is 8.87. The fourth-order valence-electron chi connectivity index (χ4n) is 3.77. The Hall–Kier alpha value is -4.85. The average molecular weight is 613 g/mol. The molecule has 1 aliphatic rings. The highest BCUT2D eigenvalue weighted by molar-refractivity contribution is 8.15. The zero-order chi connectivity index (χ0) is 30.8. The number of para-hydroxylation sites is 1. The highest BCUT2D eigenvalue weighted by atomic mass is 32.2. The van der Waals surface area contributed by atoms with Crippen molar-refractivity contribution < 1.29 is 32.2 Å². The van der Waals surface area contributed by atoms with Gasteiger partial charge >= 0.3 is 6.36 Å². The summed E-state index contributed by atoms with van der Waals surface area (Å²) >= 11 is 1.26. The van der Waals surface area contributed by atoms with Crippen molar-refractivity contribution in [3.8, 4) is 17.2 Å². The van der Waals surface area contributed by atoms with E-state index in [0.717, 1.165) is 17.7 Å². The number of nitrogens with two attached hydrogens (primary N) is 1. The Balaban J connectivity index is 1.43. The minimum absolute atomic E-state index is 0.165. The van der Waals surface area contributed by atoms with E-state index in [1.165, 1.54) is 41.3 Å². The molecule has 0 bridgehead atoms. The molecule has 1 heterocycles. The molecule has 0 saturated carbocycles. The van der Waals surface area contributed by atoms with E-state index in [-0.39, 0.29) is 23.2 Å². The van der Waals surface area contributed by atoms with Crippen molar-refractivity contribution in [3.63, 3.8) is 0 Å². The predicted molar refractivity (Wildman–Crippen MR) is 162 cm³/mol. The van der Waals surface area contributed by atoms with Gasteiger partial charge in [0.05, 0.1) is 30.9 Å². The van der Waals surface area contributed by atoms with Gasteiger partial charge in [0.2, 0.25) is 5.91 Å². The van der Waals surface area contributed by atoms with Crippen LogP contribution in [0.3, 0.4) is 0 Å². The maximum absolute atomic E-state index is 12.8. The average Bonchev–Trinajstić information content (AvgIpc) is 3.33. The molecule has 3 aromatic rings. The number of benzene rings is 3. The van der Waals surface area contributed by atoms with Gasteiger partial charge in [-0.25, -0.2) is 14.9 Å². The maximum Gasteiger partial charge on any atom is 0.573 e. The molecule has 1 aliphatic heterocycles. The first-order chi connectivity index (χ1) is 20.7. The van der Waals surface area contributed by atoms with Crippen LogP contribution in [0, 0.1) is 0 Å². The summed E-state index contributed by atoms with van der Waals surface area (Å²) in [6, 6.07) is 17.4. The highest BCUT2D eigenvalue weighted by Crippen LogP contribution is 2.41. The van der Waals surface area contributed by atoms with Gasteiger partial charge in [0.1, 0.15) is 35.1 Å². The number of aliphatic imine (C=N–C) groups is 2. The molecular weight excluding hydrogens is 585 g/mol. The third-order valence-electron chi connectivity index (χ3n) is 5.58. The lowest BCUT2D eigenvalue weighted by Gasteiger charge is -2.22. The van der Waals surface area contributed by atoms with Crippen molar-refractivity contribution in [1.82, 2.24) is 0 Å². The smallest absolute Gasteiger partial charge is 0.492 e. The van der Waals surface area contributed by atoms with E-state index in [2.05, 4.69) is 24.9 Å². The van der Waals surface area contributed by atoms with E-state index < -0.39 is 6.36 Å². The first-order valence-corrected chi connectivity index (χ1v) is 13.9. The summed E-state index contributed by atoms with van der Waals surface area (Å²) < 4.78 is 52.2. The van der Waals surface area contributed by atoms with Crippen LogP contribution in [0.25, 0.3) is 0 Å². The van der Waals surface area contributed by atoms with Crippen molar-refractivity contribution in [1.29, 1.82) is 0 Å². The van der Waals surface area contributed by atoms with E-state index in [1.54, 1.807) is 42.5 Å². The van der Waals surface area contributed by atoms with Crippen LogP contribution in [0.2, 0.25) is 0 Å². The lowest BCUT2D eigenvalue weighted by atomic mass is 10.1. The van der Waals surface area contributed by atoms with Crippen molar-refractivity contribution in [2.24, 2.45) is 25.9 Å². The fraction of sp³-hybridized carbons (Fsp3) is 0.207. The van der Waals surface area contributed by atoms with Gasteiger partial charge in [-0.3, -0.25) is 4.79 Å². The maximum atomic E-state index is 12.8. The molecule has 0 aromatic heterocycles. The number of anilines is 1. The Morgan fingerprint density at radius 3 is 2.26 bits per heavy atom. The zero-order valence-electron chi connectivity index (χ0n) is 23.1. The standard InChI is InChI=1S/C29H27F3N6O4S/c1-3-40-23-6-5-7-24(41-4-2)26(23)38-25(39)17-43-28(38)37-36-16-19-8-10-20(11-9-19)27(33)35-18-34-21-12-14-22(15-13-21)42-29(30,31)32/h5-16,18H,3-4,17H2,1-2H3,(H2,33,34,35)/b36-16-,37-28+. The Kier molecular flexibility index (Phi) is 10.4. The van der Waals surface area contributed by atoms with Crippen LogP contribution in [-0.4, -0.2) is 54.8 Å². The van der Waals surface area contributed by atoms with Gasteiger partial charge in [0.25, 0.3) is 0 Å². The number of ether oxygens (including phenoxy) is 3. The molecule has 1 saturated heterocycles. The molecule has 3 aromatic carbocycles. The number of halogens is 3. The number of alkyl halides is 3. The van der Waals surface area contributed by atoms with Crippen LogP contribution in [0.1, 0.15) is 25.0 Å². The molecule has 224 valence electrons. The van der Waals surface area contributed by atoms with E-state index >= 15 is 0 Å². The Bertz CT molecular complexity index is 1520. The van der Waals surface area contributed by atoms with Crippen molar-refractivity contribution in [2.75, 3.05) is 23.9 Å². The van der Waals surface area contributed by atoms with Crippen LogP contribution >= 0.6 is 11.8 Å². The molecule has 4 rings (SSSR count). The second-order valence-corrected chi connectivity index (χ2v) is 9.48.